The highest BCUT2D eigenvalue weighted by Gasteiger charge is 2.33. The predicted octanol–water partition coefficient (Wildman–Crippen LogP) is 2.67. The second-order valence-corrected chi connectivity index (χ2v) is 5.74. The highest BCUT2D eigenvalue weighted by atomic mass is 79.9. The van der Waals surface area contributed by atoms with Crippen molar-refractivity contribution < 1.29 is 9.53 Å². The van der Waals surface area contributed by atoms with Crippen molar-refractivity contribution in [3.05, 3.63) is 27.7 Å². The lowest BCUT2D eigenvalue weighted by Crippen LogP contribution is -2.41. The van der Waals surface area contributed by atoms with Gasteiger partial charge in [-0.2, -0.15) is 0 Å². The van der Waals surface area contributed by atoms with Gasteiger partial charge in [0.2, 0.25) is 5.91 Å². The Morgan fingerprint density at radius 2 is 2.32 bits per heavy atom. The number of hydrogen-bond acceptors (Lipinski definition) is 3. The third kappa shape index (κ3) is 3.69. The van der Waals surface area contributed by atoms with Crippen molar-refractivity contribution >= 4 is 39.1 Å². The quantitative estimate of drug-likeness (QED) is 0.880. The van der Waals surface area contributed by atoms with Gasteiger partial charge in [0.15, 0.2) is 0 Å². The van der Waals surface area contributed by atoms with Gasteiger partial charge in [0.05, 0.1) is 29.8 Å². The lowest BCUT2D eigenvalue weighted by atomic mass is 10.0. The summed E-state index contributed by atoms with van der Waals surface area (Å²) in [6, 6.07) is 5.44. The van der Waals surface area contributed by atoms with Gasteiger partial charge in [-0.15, -0.1) is 0 Å². The van der Waals surface area contributed by atoms with E-state index in [1.165, 1.54) is 0 Å². The molecular formula is C13H16BrClN2O2. The zero-order chi connectivity index (χ0) is 13.8. The Labute approximate surface area is 126 Å². The van der Waals surface area contributed by atoms with E-state index in [1.54, 1.807) is 12.1 Å². The first-order valence-corrected chi connectivity index (χ1v) is 7.36. The minimum atomic E-state index is -0.181. The van der Waals surface area contributed by atoms with E-state index in [4.69, 9.17) is 16.3 Å². The average molecular weight is 348 g/mol. The Morgan fingerprint density at radius 3 is 3.00 bits per heavy atom. The summed E-state index contributed by atoms with van der Waals surface area (Å²) >= 11 is 9.42. The van der Waals surface area contributed by atoms with Crippen molar-refractivity contribution in [1.82, 2.24) is 5.32 Å². The molecule has 0 spiro atoms. The molecule has 0 bridgehead atoms. The maximum atomic E-state index is 12.2. The molecule has 1 aliphatic heterocycles. The fourth-order valence-corrected chi connectivity index (χ4v) is 2.81. The number of likely N-dealkylation sites (N-methyl/N-ethyl adjacent to an activating group) is 1. The van der Waals surface area contributed by atoms with E-state index in [0.717, 1.165) is 11.0 Å². The van der Waals surface area contributed by atoms with Gasteiger partial charge in [0.25, 0.3) is 0 Å². The summed E-state index contributed by atoms with van der Waals surface area (Å²) in [7, 11) is 0. The summed E-state index contributed by atoms with van der Waals surface area (Å²) in [4.78, 5) is 12.2. The molecule has 2 rings (SSSR count). The molecule has 0 aliphatic carbocycles. The van der Waals surface area contributed by atoms with Gasteiger partial charge in [0, 0.05) is 10.5 Å². The van der Waals surface area contributed by atoms with Crippen LogP contribution in [0.15, 0.2) is 22.7 Å². The van der Waals surface area contributed by atoms with Crippen LogP contribution >= 0.6 is 27.5 Å². The minimum Gasteiger partial charge on any atom is -0.379 e. The Balaban J connectivity index is 2.04. The number of hydrogen-bond donors (Lipinski definition) is 2. The molecule has 2 N–H and O–H groups in total. The second-order valence-electron chi connectivity index (χ2n) is 4.42. The van der Waals surface area contributed by atoms with Gasteiger partial charge < -0.3 is 15.4 Å². The zero-order valence-corrected chi connectivity index (χ0v) is 12.9. The minimum absolute atomic E-state index is 0.0623. The molecule has 104 valence electrons. The standard InChI is InChI=1S/C13H16BrClN2O2/c1-2-16-12-7-19-6-9(12)13(18)17-11-4-3-8(14)5-10(11)15/h3-5,9,12,16H,2,6-7H2,1H3,(H,17,18). The highest BCUT2D eigenvalue weighted by Crippen LogP contribution is 2.26. The summed E-state index contributed by atoms with van der Waals surface area (Å²) in [5.74, 6) is -0.243. The molecule has 0 radical (unpaired) electrons. The number of benzene rings is 1. The molecule has 1 aromatic carbocycles. The van der Waals surface area contributed by atoms with E-state index in [0.29, 0.717) is 23.9 Å². The first-order valence-electron chi connectivity index (χ1n) is 6.19. The summed E-state index contributed by atoms with van der Waals surface area (Å²) in [5, 5.41) is 6.63. The van der Waals surface area contributed by atoms with Crippen LogP contribution in [0, 0.1) is 5.92 Å². The van der Waals surface area contributed by atoms with Crippen LogP contribution in [0.3, 0.4) is 0 Å². The van der Waals surface area contributed by atoms with Crippen molar-refractivity contribution in [3.63, 3.8) is 0 Å². The van der Waals surface area contributed by atoms with Crippen LogP contribution in [0.4, 0.5) is 5.69 Å². The van der Waals surface area contributed by atoms with Gasteiger partial charge in [-0.05, 0) is 24.7 Å². The van der Waals surface area contributed by atoms with E-state index in [2.05, 4.69) is 26.6 Å². The topological polar surface area (TPSA) is 50.4 Å². The van der Waals surface area contributed by atoms with Gasteiger partial charge in [-0.25, -0.2) is 0 Å². The van der Waals surface area contributed by atoms with Crippen molar-refractivity contribution in [2.24, 2.45) is 5.92 Å². The Bertz CT molecular complexity index is 470. The molecule has 2 atom stereocenters. The molecule has 19 heavy (non-hydrogen) atoms. The monoisotopic (exact) mass is 346 g/mol. The fraction of sp³-hybridized carbons (Fsp3) is 0.462. The molecule has 1 amide bonds. The van der Waals surface area contributed by atoms with Crippen LogP contribution in [0.5, 0.6) is 0 Å². The molecule has 0 saturated carbocycles. The molecular weight excluding hydrogens is 332 g/mol. The Hall–Kier alpha value is -0.620. The van der Waals surface area contributed by atoms with E-state index in [1.807, 2.05) is 13.0 Å². The fourth-order valence-electron chi connectivity index (χ4n) is 2.09. The summed E-state index contributed by atoms with van der Waals surface area (Å²) in [6.45, 7) is 3.84. The van der Waals surface area contributed by atoms with Crippen molar-refractivity contribution in [3.8, 4) is 0 Å². The summed E-state index contributed by atoms with van der Waals surface area (Å²) in [5.41, 5.74) is 0.622. The van der Waals surface area contributed by atoms with Gasteiger partial charge in [0.1, 0.15) is 0 Å². The maximum Gasteiger partial charge on any atom is 0.231 e. The van der Waals surface area contributed by atoms with E-state index < -0.39 is 0 Å². The van der Waals surface area contributed by atoms with Gasteiger partial charge in [-0.1, -0.05) is 34.5 Å². The average Bonchev–Trinajstić information content (AvgIpc) is 2.81. The first kappa shape index (κ1) is 14.8. The number of ether oxygens (including phenoxy) is 1. The SMILES string of the molecule is CCNC1COCC1C(=O)Nc1ccc(Br)cc1Cl. The van der Waals surface area contributed by atoms with Crippen molar-refractivity contribution in [2.45, 2.75) is 13.0 Å². The number of carbonyl (C=O) groups is 1. The Morgan fingerprint density at radius 1 is 1.53 bits per heavy atom. The van der Waals surface area contributed by atoms with Crippen molar-refractivity contribution in [2.75, 3.05) is 25.1 Å². The highest BCUT2D eigenvalue weighted by molar-refractivity contribution is 9.10. The molecule has 6 heteroatoms. The van der Waals surface area contributed by atoms with Crippen LogP contribution in [0.1, 0.15) is 6.92 Å². The number of nitrogens with one attached hydrogen (secondary N) is 2. The summed E-state index contributed by atoms with van der Waals surface area (Å²) in [6.07, 6.45) is 0. The van der Waals surface area contributed by atoms with Crippen LogP contribution in [0.2, 0.25) is 5.02 Å². The number of halogens is 2. The zero-order valence-electron chi connectivity index (χ0n) is 10.6. The smallest absolute Gasteiger partial charge is 0.231 e. The molecule has 1 saturated heterocycles. The number of rotatable bonds is 4. The largest absolute Gasteiger partial charge is 0.379 e. The number of amides is 1. The van der Waals surface area contributed by atoms with E-state index in [-0.39, 0.29) is 17.9 Å². The van der Waals surface area contributed by atoms with Crippen LogP contribution in [0.25, 0.3) is 0 Å². The van der Waals surface area contributed by atoms with Crippen LogP contribution < -0.4 is 10.6 Å². The molecule has 1 heterocycles. The molecule has 0 aromatic heterocycles. The van der Waals surface area contributed by atoms with E-state index in [9.17, 15) is 4.79 Å². The lowest BCUT2D eigenvalue weighted by molar-refractivity contribution is -0.120. The molecule has 1 aromatic rings. The van der Waals surface area contributed by atoms with Crippen LogP contribution in [-0.4, -0.2) is 31.7 Å². The lowest BCUT2D eigenvalue weighted by Gasteiger charge is -2.18. The molecule has 4 nitrogen and oxygen atoms in total. The van der Waals surface area contributed by atoms with Gasteiger partial charge in [-0.3, -0.25) is 4.79 Å². The number of carbonyl (C=O) groups excluding carboxylic acids is 1. The normalized spacial score (nSPS) is 22.5. The van der Waals surface area contributed by atoms with Gasteiger partial charge >= 0.3 is 0 Å². The second kappa shape index (κ2) is 6.70. The molecule has 2 unspecified atom stereocenters. The maximum absolute atomic E-state index is 12.2. The Kier molecular flexibility index (Phi) is 5.21. The predicted molar refractivity (Wildman–Crippen MR) is 79.6 cm³/mol. The third-order valence-corrected chi connectivity index (χ3v) is 3.88. The molecule has 1 aliphatic rings. The van der Waals surface area contributed by atoms with Crippen LogP contribution in [-0.2, 0) is 9.53 Å². The van der Waals surface area contributed by atoms with E-state index >= 15 is 0 Å². The summed E-state index contributed by atoms with van der Waals surface area (Å²) < 4.78 is 6.25. The molecule has 1 fully saturated rings. The number of anilines is 1. The van der Waals surface area contributed by atoms with Crippen molar-refractivity contribution in [1.29, 1.82) is 0 Å². The first-order chi connectivity index (χ1) is 9.11. The third-order valence-electron chi connectivity index (χ3n) is 3.07.